The summed E-state index contributed by atoms with van der Waals surface area (Å²) in [4.78, 5) is 14.2. The van der Waals surface area contributed by atoms with Gasteiger partial charge in [-0.2, -0.15) is 0 Å². The molecule has 0 radical (unpaired) electrons. The van der Waals surface area contributed by atoms with Gasteiger partial charge in [-0.1, -0.05) is 31.5 Å². The van der Waals surface area contributed by atoms with Crippen LogP contribution in [0.2, 0.25) is 5.15 Å². The Morgan fingerprint density at radius 1 is 1.67 bits per heavy atom. The minimum atomic E-state index is -0.447. The van der Waals surface area contributed by atoms with Crippen LogP contribution in [0.1, 0.15) is 31.7 Å². The van der Waals surface area contributed by atoms with Crippen molar-refractivity contribution in [2.75, 3.05) is 6.54 Å². The smallest absolute Gasteiger partial charge is 0.253 e. The molecule has 5 nitrogen and oxygen atoms in total. The maximum atomic E-state index is 10.6. The molecule has 1 aromatic rings. The molecule has 0 aromatic carbocycles. The highest BCUT2D eigenvalue weighted by Gasteiger charge is 2.14. The third-order valence-corrected chi connectivity index (χ3v) is 2.76. The van der Waals surface area contributed by atoms with E-state index in [1.807, 2.05) is 19.9 Å². The number of nitro groups is 1. The lowest BCUT2D eigenvalue weighted by Gasteiger charge is -2.15. The largest absolute Gasteiger partial charge is 0.383 e. The summed E-state index contributed by atoms with van der Waals surface area (Å²) in [6.45, 7) is 4.60. The zero-order valence-electron chi connectivity index (χ0n) is 10.4. The summed E-state index contributed by atoms with van der Waals surface area (Å²) < 4.78 is 0. The van der Waals surface area contributed by atoms with Crippen molar-refractivity contribution in [2.24, 2.45) is 0 Å². The molecule has 1 N–H and O–H groups in total. The lowest BCUT2D eigenvalue weighted by Crippen LogP contribution is -2.20. The van der Waals surface area contributed by atoms with Crippen molar-refractivity contribution in [1.82, 2.24) is 10.3 Å². The van der Waals surface area contributed by atoms with Crippen molar-refractivity contribution < 1.29 is 4.92 Å². The van der Waals surface area contributed by atoms with E-state index in [0.717, 1.165) is 18.2 Å². The summed E-state index contributed by atoms with van der Waals surface area (Å²) in [5.41, 5.74) is 1.46. The fourth-order valence-corrected chi connectivity index (χ4v) is 1.63. The van der Waals surface area contributed by atoms with Crippen molar-refractivity contribution in [3.8, 4) is 0 Å². The maximum absolute atomic E-state index is 10.6. The van der Waals surface area contributed by atoms with Crippen molar-refractivity contribution in [3.05, 3.63) is 51.1 Å². The van der Waals surface area contributed by atoms with Gasteiger partial charge >= 0.3 is 0 Å². The van der Waals surface area contributed by atoms with Gasteiger partial charge < -0.3 is 5.32 Å². The summed E-state index contributed by atoms with van der Waals surface area (Å²) in [5.74, 6) is -0.119. The number of allylic oxidation sites excluding steroid dienone is 1. The first-order valence-corrected chi connectivity index (χ1v) is 6.13. The predicted molar refractivity (Wildman–Crippen MR) is 71.0 cm³/mol. The summed E-state index contributed by atoms with van der Waals surface area (Å²) in [7, 11) is 0. The minimum Gasteiger partial charge on any atom is -0.383 e. The van der Waals surface area contributed by atoms with Gasteiger partial charge in [-0.25, -0.2) is 4.98 Å². The zero-order chi connectivity index (χ0) is 13.5. The Morgan fingerprint density at radius 3 is 2.89 bits per heavy atom. The first-order chi connectivity index (χ1) is 8.54. The second kappa shape index (κ2) is 6.96. The van der Waals surface area contributed by atoms with Crippen LogP contribution < -0.4 is 5.32 Å². The Morgan fingerprint density at radius 2 is 2.39 bits per heavy atom. The maximum Gasteiger partial charge on any atom is 0.253 e. The van der Waals surface area contributed by atoms with Crippen LogP contribution in [0.5, 0.6) is 0 Å². The van der Waals surface area contributed by atoms with E-state index in [0.29, 0.717) is 17.4 Å². The molecule has 1 aromatic heterocycles. The quantitative estimate of drug-likeness (QED) is 0.490. The third-order valence-electron chi connectivity index (χ3n) is 2.54. The second-order valence-corrected chi connectivity index (χ2v) is 4.32. The van der Waals surface area contributed by atoms with Crippen LogP contribution in [-0.4, -0.2) is 16.5 Å². The summed E-state index contributed by atoms with van der Waals surface area (Å²) in [5, 5.41) is 14.1. The van der Waals surface area contributed by atoms with Crippen LogP contribution >= 0.6 is 11.6 Å². The third kappa shape index (κ3) is 4.33. The highest BCUT2D eigenvalue weighted by molar-refractivity contribution is 6.29. The highest BCUT2D eigenvalue weighted by Crippen LogP contribution is 2.22. The molecule has 6 heteroatoms. The molecule has 1 rings (SSSR count). The van der Waals surface area contributed by atoms with Crippen molar-refractivity contribution in [1.29, 1.82) is 0 Å². The molecule has 0 saturated heterocycles. The van der Waals surface area contributed by atoms with Crippen molar-refractivity contribution >= 4 is 11.6 Å². The molecule has 0 saturated carbocycles. The zero-order valence-corrected chi connectivity index (χ0v) is 11.1. The number of nitrogens with one attached hydrogen (secondary N) is 1. The molecule has 0 aliphatic rings. The van der Waals surface area contributed by atoms with E-state index < -0.39 is 4.92 Å². The van der Waals surface area contributed by atoms with E-state index in [1.54, 1.807) is 12.3 Å². The Balaban J connectivity index is 2.90. The van der Waals surface area contributed by atoms with Crippen LogP contribution in [0, 0.1) is 10.1 Å². The van der Waals surface area contributed by atoms with Crippen LogP contribution in [-0.2, 0) is 0 Å². The van der Waals surface area contributed by atoms with Crippen LogP contribution in [0.3, 0.4) is 0 Å². The summed E-state index contributed by atoms with van der Waals surface area (Å²) >= 11 is 5.71. The van der Waals surface area contributed by atoms with Gasteiger partial charge in [-0.15, -0.1) is 0 Å². The second-order valence-electron chi connectivity index (χ2n) is 3.93. The number of pyridine rings is 1. The first-order valence-electron chi connectivity index (χ1n) is 5.75. The topological polar surface area (TPSA) is 68.1 Å². The molecule has 0 bridgehead atoms. The number of aromatic nitrogens is 1. The normalized spacial score (nSPS) is 13.2. The fraction of sp³-hybridized carbons (Fsp3) is 0.417. The lowest BCUT2D eigenvalue weighted by molar-refractivity contribution is -0.404. The molecule has 0 aliphatic carbocycles. The Kier molecular flexibility index (Phi) is 5.58. The fourth-order valence-electron chi connectivity index (χ4n) is 1.52. The van der Waals surface area contributed by atoms with E-state index in [4.69, 9.17) is 11.6 Å². The monoisotopic (exact) mass is 269 g/mol. The van der Waals surface area contributed by atoms with Gasteiger partial charge in [0.05, 0.1) is 10.6 Å². The van der Waals surface area contributed by atoms with Crippen LogP contribution in [0.4, 0.5) is 0 Å². The first kappa shape index (κ1) is 14.4. The summed E-state index contributed by atoms with van der Waals surface area (Å²) in [6.07, 6.45) is 3.55. The predicted octanol–water partition coefficient (Wildman–Crippen LogP) is 2.96. The molecular formula is C12H16ClN3O2. The minimum absolute atomic E-state index is 0.119. The summed E-state index contributed by atoms with van der Waals surface area (Å²) in [6, 6.07) is 3.50. The molecule has 0 amide bonds. The van der Waals surface area contributed by atoms with Gasteiger partial charge in [0.1, 0.15) is 5.15 Å². The molecule has 1 heterocycles. The van der Waals surface area contributed by atoms with Gasteiger partial charge in [0.2, 0.25) is 0 Å². The Hall–Kier alpha value is -1.62. The molecule has 1 atom stereocenters. The molecular weight excluding hydrogens is 254 g/mol. The van der Waals surface area contributed by atoms with Gasteiger partial charge in [0.15, 0.2) is 0 Å². The van der Waals surface area contributed by atoms with E-state index in [1.165, 1.54) is 0 Å². The lowest BCUT2D eigenvalue weighted by atomic mass is 10.00. The Labute approximate surface area is 111 Å². The van der Waals surface area contributed by atoms with Gasteiger partial charge in [0, 0.05) is 18.7 Å². The van der Waals surface area contributed by atoms with E-state index in [9.17, 15) is 10.1 Å². The number of nitrogens with zero attached hydrogens (tertiary/aromatic N) is 2. The molecule has 0 fully saturated rings. The van der Waals surface area contributed by atoms with E-state index in [-0.39, 0.29) is 5.92 Å². The average Bonchev–Trinajstić information content (AvgIpc) is 2.34. The number of hydrogen-bond donors (Lipinski definition) is 1. The van der Waals surface area contributed by atoms with E-state index in [2.05, 4.69) is 10.3 Å². The SMILES string of the molecule is CCCN/C(=C/[N+](=O)[O-])C(C)c1ccc(Cl)nc1. The van der Waals surface area contributed by atoms with E-state index >= 15 is 0 Å². The standard InChI is InChI=1S/C12H16ClN3O2/c1-3-6-14-11(8-16(17)18)9(2)10-4-5-12(13)15-7-10/h4-5,7-9,14H,3,6H2,1-2H3/b11-8+. The Bertz CT molecular complexity index is 431. The van der Waals surface area contributed by atoms with Crippen molar-refractivity contribution in [3.63, 3.8) is 0 Å². The number of halogens is 1. The van der Waals surface area contributed by atoms with Gasteiger partial charge in [-0.3, -0.25) is 10.1 Å². The average molecular weight is 270 g/mol. The number of hydrogen-bond acceptors (Lipinski definition) is 4. The van der Waals surface area contributed by atoms with Crippen LogP contribution in [0.15, 0.2) is 30.2 Å². The number of rotatable bonds is 6. The van der Waals surface area contributed by atoms with Gasteiger partial charge in [-0.05, 0) is 18.1 Å². The molecule has 0 aliphatic heterocycles. The van der Waals surface area contributed by atoms with Crippen molar-refractivity contribution in [2.45, 2.75) is 26.2 Å². The molecule has 0 spiro atoms. The van der Waals surface area contributed by atoms with Gasteiger partial charge in [0.25, 0.3) is 6.20 Å². The highest BCUT2D eigenvalue weighted by atomic mass is 35.5. The molecule has 1 unspecified atom stereocenters. The molecule has 98 valence electrons. The molecule has 18 heavy (non-hydrogen) atoms. The van der Waals surface area contributed by atoms with Crippen LogP contribution in [0.25, 0.3) is 0 Å².